The minimum atomic E-state index is 0.756. The lowest BCUT2D eigenvalue weighted by molar-refractivity contribution is 0.437. The second-order valence-electron chi connectivity index (χ2n) is 5.21. The number of anilines is 2. The van der Waals surface area contributed by atoms with Crippen LogP contribution in [-0.2, 0) is 0 Å². The molecular formula is C14H20N4S. The van der Waals surface area contributed by atoms with Crippen molar-refractivity contribution in [3.8, 4) is 0 Å². The summed E-state index contributed by atoms with van der Waals surface area (Å²) in [5.74, 6) is 2.70. The maximum absolute atomic E-state index is 4.72. The van der Waals surface area contributed by atoms with Crippen LogP contribution >= 0.6 is 11.3 Å². The van der Waals surface area contributed by atoms with E-state index in [0.29, 0.717) is 0 Å². The fourth-order valence-electron chi connectivity index (χ4n) is 2.54. The van der Waals surface area contributed by atoms with Crippen LogP contribution in [0.15, 0.2) is 11.4 Å². The smallest absolute Gasteiger partial charge is 0.226 e. The number of rotatable bonds is 3. The van der Waals surface area contributed by atoms with E-state index in [4.69, 9.17) is 4.98 Å². The van der Waals surface area contributed by atoms with Crippen LogP contribution in [0.4, 0.5) is 11.8 Å². The third kappa shape index (κ3) is 2.52. The van der Waals surface area contributed by atoms with E-state index in [0.717, 1.165) is 42.1 Å². The molecule has 102 valence electrons. The van der Waals surface area contributed by atoms with Crippen LogP contribution in [0.3, 0.4) is 0 Å². The summed E-state index contributed by atoms with van der Waals surface area (Å²) in [6.45, 7) is 7.47. The molecule has 4 nitrogen and oxygen atoms in total. The highest BCUT2D eigenvalue weighted by Gasteiger charge is 2.20. The topological polar surface area (TPSA) is 41.1 Å². The summed E-state index contributed by atoms with van der Waals surface area (Å²) < 4.78 is 0. The van der Waals surface area contributed by atoms with Gasteiger partial charge in [0.2, 0.25) is 5.95 Å². The molecule has 1 saturated heterocycles. The molecule has 3 heterocycles. The number of aromatic nitrogens is 2. The van der Waals surface area contributed by atoms with E-state index < -0.39 is 0 Å². The van der Waals surface area contributed by atoms with Gasteiger partial charge in [0.15, 0.2) is 0 Å². The van der Waals surface area contributed by atoms with Crippen molar-refractivity contribution in [2.45, 2.75) is 26.7 Å². The van der Waals surface area contributed by atoms with Gasteiger partial charge < -0.3 is 10.2 Å². The van der Waals surface area contributed by atoms with Crippen molar-refractivity contribution in [2.24, 2.45) is 5.92 Å². The van der Waals surface area contributed by atoms with Gasteiger partial charge >= 0.3 is 0 Å². The fourth-order valence-corrected chi connectivity index (χ4v) is 3.30. The number of nitrogens with zero attached hydrogens (tertiary/aromatic N) is 3. The molecule has 2 aromatic heterocycles. The van der Waals surface area contributed by atoms with Gasteiger partial charge in [-0.1, -0.05) is 6.92 Å². The van der Waals surface area contributed by atoms with Crippen molar-refractivity contribution in [3.05, 3.63) is 11.4 Å². The maximum Gasteiger partial charge on any atom is 0.226 e. The number of piperidine rings is 1. The molecule has 0 aromatic carbocycles. The molecule has 0 atom stereocenters. The van der Waals surface area contributed by atoms with Gasteiger partial charge in [0.1, 0.15) is 10.6 Å². The van der Waals surface area contributed by atoms with Crippen molar-refractivity contribution in [1.82, 2.24) is 9.97 Å². The van der Waals surface area contributed by atoms with E-state index in [1.807, 2.05) is 0 Å². The number of hydrogen-bond acceptors (Lipinski definition) is 5. The van der Waals surface area contributed by atoms with Gasteiger partial charge in [-0.25, -0.2) is 4.98 Å². The molecule has 3 rings (SSSR count). The molecule has 0 bridgehead atoms. The number of fused-ring (bicyclic) bond motifs is 1. The minimum Gasteiger partial charge on any atom is -0.356 e. The third-order valence-corrected chi connectivity index (χ3v) is 4.53. The summed E-state index contributed by atoms with van der Waals surface area (Å²) in [5, 5.41) is 6.53. The molecular weight excluding hydrogens is 256 g/mol. The Balaban J connectivity index is 1.98. The molecule has 0 spiro atoms. The van der Waals surface area contributed by atoms with E-state index in [1.54, 1.807) is 11.3 Å². The average molecular weight is 276 g/mol. The largest absolute Gasteiger partial charge is 0.356 e. The Labute approximate surface area is 117 Å². The summed E-state index contributed by atoms with van der Waals surface area (Å²) >= 11 is 1.69. The lowest BCUT2D eigenvalue weighted by atomic mass is 9.99. The minimum absolute atomic E-state index is 0.756. The van der Waals surface area contributed by atoms with Crippen molar-refractivity contribution in [3.63, 3.8) is 0 Å². The van der Waals surface area contributed by atoms with Gasteiger partial charge in [0, 0.05) is 19.6 Å². The SMILES string of the molecule is CCNc1nc(N2CCC(C)CC2)c2ccsc2n1. The summed E-state index contributed by atoms with van der Waals surface area (Å²) in [7, 11) is 0. The first-order chi connectivity index (χ1) is 9.28. The highest BCUT2D eigenvalue weighted by atomic mass is 32.1. The second-order valence-corrected chi connectivity index (χ2v) is 6.10. The molecule has 0 radical (unpaired) electrons. The Hall–Kier alpha value is -1.36. The van der Waals surface area contributed by atoms with E-state index >= 15 is 0 Å². The predicted octanol–water partition coefficient (Wildman–Crippen LogP) is 3.36. The van der Waals surface area contributed by atoms with E-state index in [9.17, 15) is 0 Å². The molecule has 5 heteroatoms. The molecule has 0 amide bonds. The molecule has 19 heavy (non-hydrogen) atoms. The molecule has 0 saturated carbocycles. The number of thiophene rings is 1. The fraction of sp³-hybridized carbons (Fsp3) is 0.571. The zero-order valence-corrected chi connectivity index (χ0v) is 12.3. The maximum atomic E-state index is 4.72. The van der Waals surface area contributed by atoms with Crippen molar-refractivity contribution < 1.29 is 0 Å². The van der Waals surface area contributed by atoms with E-state index in [-0.39, 0.29) is 0 Å². The van der Waals surface area contributed by atoms with Crippen LogP contribution in [-0.4, -0.2) is 29.6 Å². The van der Waals surface area contributed by atoms with Gasteiger partial charge in [-0.2, -0.15) is 4.98 Å². The standard InChI is InChI=1S/C14H20N4S/c1-3-15-14-16-12(11-6-9-19-13(11)17-14)18-7-4-10(2)5-8-18/h6,9-10H,3-5,7-8H2,1-2H3,(H,15,16,17). The molecule has 1 aliphatic rings. The summed E-state index contributed by atoms with van der Waals surface area (Å²) in [6.07, 6.45) is 2.51. The molecule has 1 fully saturated rings. The van der Waals surface area contributed by atoms with Gasteiger partial charge in [0.05, 0.1) is 5.39 Å². The monoisotopic (exact) mass is 276 g/mol. The van der Waals surface area contributed by atoms with Crippen LogP contribution in [0.1, 0.15) is 26.7 Å². The Bertz CT molecular complexity index is 558. The summed E-state index contributed by atoms with van der Waals surface area (Å²) in [6, 6.07) is 2.14. The third-order valence-electron chi connectivity index (χ3n) is 3.72. The van der Waals surface area contributed by atoms with Gasteiger partial charge in [0.25, 0.3) is 0 Å². The molecule has 2 aromatic rings. The molecule has 0 aliphatic carbocycles. The predicted molar refractivity (Wildman–Crippen MR) is 82.2 cm³/mol. The van der Waals surface area contributed by atoms with E-state index in [2.05, 4.69) is 40.5 Å². The van der Waals surface area contributed by atoms with Crippen molar-refractivity contribution in [1.29, 1.82) is 0 Å². The second kappa shape index (κ2) is 5.33. The Morgan fingerprint density at radius 2 is 2.16 bits per heavy atom. The van der Waals surface area contributed by atoms with Gasteiger partial charge in [-0.05, 0) is 37.1 Å². The zero-order chi connectivity index (χ0) is 13.2. The van der Waals surface area contributed by atoms with Crippen LogP contribution in [0.25, 0.3) is 10.2 Å². The Morgan fingerprint density at radius 1 is 1.37 bits per heavy atom. The zero-order valence-electron chi connectivity index (χ0n) is 11.5. The van der Waals surface area contributed by atoms with E-state index in [1.165, 1.54) is 18.2 Å². The molecule has 1 aliphatic heterocycles. The molecule has 1 N–H and O–H groups in total. The number of nitrogens with one attached hydrogen (secondary N) is 1. The van der Waals surface area contributed by atoms with Crippen LogP contribution in [0.5, 0.6) is 0 Å². The highest BCUT2D eigenvalue weighted by molar-refractivity contribution is 7.16. The van der Waals surface area contributed by atoms with Crippen molar-refractivity contribution >= 4 is 33.3 Å². The quantitative estimate of drug-likeness (QED) is 0.933. The van der Waals surface area contributed by atoms with Gasteiger partial charge in [-0.3, -0.25) is 0 Å². The Kier molecular flexibility index (Phi) is 3.55. The molecule has 0 unspecified atom stereocenters. The lowest BCUT2D eigenvalue weighted by Gasteiger charge is -2.31. The highest BCUT2D eigenvalue weighted by Crippen LogP contribution is 2.31. The summed E-state index contributed by atoms with van der Waals surface area (Å²) in [5.41, 5.74) is 0. The normalized spacial score (nSPS) is 17.1. The average Bonchev–Trinajstić information content (AvgIpc) is 2.87. The van der Waals surface area contributed by atoms with Gasteiger partial charge in [-0.15, -0.1) is 11.3 Å². The van der Waals surface area contributed by atoms with Crippen LogP contribution in [0, 0.1) is 5.92 Å². The first kappa shape index (κ1) is 12.7. The number of hydrogen-bond donors (Lipinski definition) is 1. The Morgan fingerprint density at radius 3 is 2.89 bits per heavy atom. The summed E-state index contributed by atoms with van der Waals surface area (Å²) in [4.78, 5) is 12.8. The first-order valence-corrected chi connectivity index (χ1v) is 7.90. The first-order valence-electron chi connectivity index (χ1n) is 7.02. The van der Waals surface area contributed by atoms with Crippen LogP contribution < -0.4 is 10.2 Å². The van der Waals surface area contributed by atoms with Crippen LogP contribution in [0.2, 0.25) is 0 Å². The van der Waals surface area contributed by atoms with Crippen molar-refractivity contribution in [2.75, 3.05) is 29.9 Å². The lowest BCUT2D eigenvalue weighted by Crippen LogP contribution is -2.33.